The summed E-state index contributed by atoms with van der Waals surface area (Å²) in [6, 6.07) is 0. The molecule has 1 N–H and O–H groups in total. The Hall–Kier alpha value is -0.790. The summed E-state index contributed by atoms with van der Waals surface area (Å²) in [4.78, 5) is 4.17. The highest BCUT2D eigenvalue weighted by Crippen LogP contribution is 2.22. The van der Waals surface area contributed by atoms with Gasteiger partial charge in [-0.2, -0.15) is 0 Å². The Kier molecular flexibility index (Phi) is 1.46. The Balaban J connectivity index is 2.23. The van der Waals surface area contributed by atoms with Crippen LogP contribution in [0.1, 0.15) is 25.7 Å². The molecule has 0 aromatic heterocycles. The lowest BCUT2D eigenvalue weighted by atomic mass is 9.96. The van der Waals surface area contributed by atoms with Gasteiger partial charge in [0.25, 0.3) is 0 Å². The summed E-state index contributed by atoms with van der Waals surface area (Å²) in [6.07, 6.45) is 7.18. The molecule has 1 heterocycles. The molecule has 2 aliphatic rings. The van der Waals surface area contributed by atoms with Crippen LogP contribution in [0.25, 0.3) is 0 Å². The van der Waals surface area contributed by atoms with Crippen LogP contribution in [0.15, 0.2) is 16.3 Å². The molecule has 0 fully saturated rings. The standard InChI is InChI=1S/C8H12N2/c1-2-4-8-7(3-1)5-9-6-10-8/h5,10H,1-4,6H2. The fourth-order valence-electron chi connectivity index (χ4n) is 1.57. The molecule has 0 saturated carbocycles. The van der Waals surface area contributed by atoms with Crippen molar-refractivity contribution in [1.29, 1.82) is 0 Å². The zero-order valence-corrected chi connectivity index (χ0v) is 6.06. The first-order valence-electron chi connectivity index (χ1n) is 3.92. The summed E-state index contributed by atoms with van der Waals surface area (Å²) in [5, 5.41) is 3.30. The van der Waals surface area contributed by atoms with Gasteiger partial charge in [-0.05, 0) is 31.3 Å². The van der Waals surface area contributed by atoms with Crippen LogP contribution in [0.4, 0.5) is 0 Å². The maximum atomic E-state index is 4.17. The average Bonchev–Trinajstić information content (AvgIpc) is 2.05. The third-order valence-corrected chi connectivity index (χ3v) is 2.14. The van der Waals surface area contributed by atoms with Gasteiger partial charge in [0.15, 0.2) is 0 Å². The number of rotatable bonds is 0. The van der Waals surface area contributed by atoms with Crippen molar-refractivity contribution in [2.75, 3.05) is 6.67 Å². The van der Waals surface area contributed by atoms with Crippen molar-refractivity contribution in [2.24, 2.45) is 4.99 Å². The monoisotopic (exact) mass is 136 g/mol. The molecule has 10 heavy (non-hydrogen) atoms. The fourth-order valence-corrected chi connectivity index (χ4v) is 1.57. The smallest absolute Gasteiger partial charge is 0.107 e. The van der Waals surface area contributed by atoms with Crippen LogP contribution in [0.3, 0.4) is 0 Å². The largest absolute Gasteiger partial charge is 0.369 e. The fraction of sp³-hybridized carbons (Fsp3) is 0.625. The van der Waals surface area contributed by atoms with Gasteiger partial charge in [0, 0.05) is 11.9 Å². The van der Waals surface area contributed by atoms with Gasteiger partial charge in [-0.3, -0.25) is 4.99 Å². The average molecular weight is 136 g/mol. The van der Waals surface area contributed by atoms with E-state index < -0.39 is 0 Å². The van der Waals surface area contributed by atoms with E-state index in [1.807, 2.05) is 6.21 Å². The van der Waals surface area contributed by atoms with Gasteiger partial charge in [0.1, 0.15) is 6.67 Å². The molecule has 0 aromatic rings. The van der Waals surface area contributed by atoms with E-state index >= 15 is 0 Å². The van der Waals surface area contributed by atoms with E-state index in [2.05, 4.69) is 10.3 Å². The second-order valence-corrected chi connectivity index (χ2v) is 2.86. The van der Waals surface area contributed by atoms with Crippen molar-refractivity contribution in [3.63, 3.8) is 0 Å². The first-order valence-corrected chi connectivity index (χ1v) is 3.92. The number of allylic oxidation sites excluding steroid dienone is 2. The highest BCUT2D eigenvalue weighted by molar-refractivity contribution is 5.80. The predicted molar refractivity (Wildman–Crippen MR) is 42.0 cm³/mol. The summed E-state index contributed by atoms with van der Waals surface area (Å²) < 4.78 is 0. The molecule has 2 heteroatoms. The van der Waals surface area contributed by atoms with Crippen LogP contribution in [0.5, 0.6) is 0 Å². The molecule has 1 aliphatic heterocycles. The third-order valence-electron chi connectivity index (χ3n) is 2.14. The van der Waals surface area contributed by atoms with Crippen molar-refractivity contribution in [3.05, 3.63) is 11.3 Å². The first-order chi connectivity index (χ1) is 4.97. The van der Waals surface area contributed by atoms with Crippen LogP contribution in [-0.2, 0) is 0 Å². The van der Waals surface area contributed by atoms with E-state index in [9.17, 15) is 0 Å². The van der Waals surface area contributed by atoms with Crippen LogP contribution >= 0.6 is 0 Å². The van der Waals surface area contributed by atoms with Crippen LogP contribution < -0.4 is 5.32 Å². The molecule has 0 bridgehead atoms. The lowest BCUT2D eigenvalue weighted by Gasteiger charge is -2.21. The third kappa shape index (κ3) is 0.939. The van der Waals surface area contributed by atoms with Crippen LogP contribution in [0, 0.1) is 0 Å². The molecule has 0 unspecified atom stereocenters. The Morgan fingerprint density at radius 3 is 3.10 bits per heavy atom. The first kappa shape index (κ1) is 5.96. The van der Waals surface area contributed by atoms with Gasteiger partial charge < -0.3 is 5.32 Å². The van der Waals surface area contributed by atoms with Crippen molar-refractivity contribution in [2.45, 2.75) is 25.7 Å². The summed E-state index contributed by atoms with van der Waals surface area (Å²) in [7, 11) is 0. The Morgan fingerprint density at radius 2 is 2.20 bits per heavy atom. The SMILES string of the molecule is C1=NCNC2=C1CCCC2. The molecule has 0 saturated heterocycles. The quantitative estimate of drug-likeness (QED) is 0.535. The highest BCUT2D eigenvalue weighted by Gasteiger charge is 2.12. The van der Waals surface area contributed by atoms with E-state index in [4.69, 9.17) is 0 Å². The lowest BCUT2D eigenvalue weighted by Crippen LogP contribution is -2.22. The number of hydrogen-bond acceptors (Lipinski definition) is 2. The topological polar surface area (TPSA) is 24.4 Å². The van der Waals surface area contributed by atoms with Gasteiger partial charge in [-0.25, -0.2) is 0 Å². The molecule has 1 aliphatic carbocycles. The number of nitrogens with one attached hydrogen (secondary N) is 1. The van der Waals surface area contributed by atoms with Gasteiger partial charge >= 0.3 is 0 Å². The maximum absolute atomic E-state index is 4.17. The van der Waals surface area contributed by atoms with Gasteiger partial charge in [-0.1, -0.05) is 0 Å². The van der Waals surface area contributed by atoms with Crippen molar-refractivity contribution < 1.29 is 0 Å². The number of hydrogen-bond donors (Lipinski definition) is 1. The minimum atomic E-state index is 0.791. The molecular formula is C8H12N2. The Labute approximate surface area is 61.0 Å². The zero-order valence-electron chi connectivity index (χ0n) is 6.06. The van der Waals surface area contributed by atoms with Gasteiger partial charge in [-0.15, -0.1) is 0 Å². The van der Waals surface area contributed by atoms with Crippen LogP contribution in [0.2, 0.25) is 0 Å². The molecule has 2 nitrogen and oxygen atoms in total. The van der Waals surface area contributed by atoms with Crippen LogP contribution in [-0.4, -0.2) is 12.9 Å². The predicted octanol–water partition coefficient (Wildman–Crippen LogP) is 1.45. The van der Waals surface area contributed by atoms with E-state index in [0.717, 1.165) is 6.67 Å². The molecule has 0 atom stereocenters. The van der Waals surface area contributed by atoms with E-state index in [1.165, 1.54) is 37.0 Å². The van der Waals surface area contributed by atoms with Gasteiger partial charge in [0.05, 0.1) is 0 Å². The minimum absolute atomic E-state index is 0.791. The summed E-state index contributed by atoms with van der Waals surface area (Å²) in [6.45, 7) is 0.791. The second-order valence-electron chi connectivity index (χ2n) is 2.86. The molecule has 2 rings (SSSR count). The molecule has 0 aromatic carbocycles. The normalized spacial score (nSPS) is 24.0. The number of aliphatic imine (C=N–C) groups is 1. The molecular weight excluding hydrogens is 124 g/mol. The van der Waals surface area contributed by atoms with Gasteiger partial charge in [0.2, 0.25) is 0 Å². The highest BCUT2D eigenvalue weighted by atomic mass is 15.0. The van der Waals surface area contributed by atoms with E-state index in [1.54, 1.807) is 0 Å². The second kappa shape index (κ2) is 2.45. The van der Waals surface area contributed by atoms with E-state index in [-0.39, 0.29) is 0 Å². The molecule has 0 amide bonds. The molecule has 0 spiro atoms. The summed E-state index contributed by atoms with van der Waals surface area (Å²) >= 11 is 0. The Bertz CT molecular complexity index is 191. The molecule has 0 radical (unpaired) electrons. The summed E-state index contributed by atoms with van der Waals surface area (Å²) in [5.41, 5.74) is 2.89. The van der Waals surface area contributed by atoms with Crippen molar-refractivity contribution in [3.8, 4) is 0 Å². The Morgan fingerprint density at radius 1 is 1.30 bits per heavy atom. The lowest BCUT2D eigenvalue weighted by molar-refractivity contribution is 0.625. The summed E-state index contributed by atoms with van der Waals surface area (Å²) in [5.74, 6) is 0. The maximum Gasteiger partial charge on any atom is 0.107 e. The minimum Gasteiger partial charge on any atom is -0.369 e. The van der Waals surface area contributed by atoms with Crippen molar-refractivity contribution in [1.82, 2.24) is 5.32 Å². The van der Waals surface area contributed by atoms with Crippen molar-refractivity contribution >= 4 is 6.21 Å². The van der Waals surface area contributed by atoms with E-state index in [0.29, 0.717) is 0 Å². The zero-order chi connectivity index (χ0) is 6.81. The number of nitrogens with zero attached hydrogens (tertiary/aromatic N) is 1. The molecule has 54 valence electrons.